The van der Waals surface area contributed by atoms with Gasteiger partial charge >= 0.3 is 0 Å². The van der Waals surface area contributed by atoms with Crippen LogP contribution in [0.4, 0.5) is 0 Å². The zero-order valence-electron chi connectivity index (χ0n) is 12.6. The molecular weight excluding hydrogens is 334 g/mol. The summed E-state index contributed by atoms with van der Waals surface area (Å²) in [5.74, 6) is 0.713. The topological polar surface area (TPSA) is 65.6 Å². The van der Waals surface area contributed by atoms with E-state index in [4.69, 9.17) is 11.6 Å². The fraction of sp³-hybridized carbons (Fsp3) is 0.200. The predicted octanol–water partition coefficient (Wildman–Crippen LogP) is 2.86. The van der Waals surface area contributed by atoms with E-state index in [1.165, 1.54) is 16.3 Å². The lowest BCUT2D eigenvalue weighted by atomic mass is 10.2. The first-order chi connectivity index (χ1) is 11.1. The molecule has 0 saturated heterocycles. The summed E-state index contributed by atoms with van der Waals surface area (Å²) in [6.45, 7) is 2.67. The third-order valence-electron chi connectivity index (χ3n) is 3.29. The molecule has 3 aromatic rings. The van der Waals surface area contributed by atoms with Gasteiger partial charge in [0.15, 0.2) is 16.0 Å². The van der Waals surface area contributed by atoms with Crippen LogP contribution >= 0.6 is 23.4 Å². The lowest BCUT2D eigenvalue weighted by molar-refractivity contribution is 0.685. The molecule has 0 atom stereocenters. The molecule has 0 radical (unpaired) electrons. The van der Waals surface area contributed by atoms with E-state index in [2.05, 4.69) is 15.2 Å². The molecule has 0 unspecified atom stereocenters. The standard InChI is InChI=1S/C15H14ClN5OS/c1-3-21-12(10-5-4-6-11(16)9-10)18-19-15(21)23-13-14(22)20(2)8-7-17-13/h4-9H,3H2,1-2H3. The highest BCUT2D eigenvalue weighted by Crippen LogP contribution is 2.27. The van der Waals surface area contributed by atoms with Gasteiger partial charge in [-0.2, -0.15) is 0 Å². The molecule has 118 valence electrons. The van der Waals surface area contributed by atoms with Crippen LogP contribution < -0.4 is 5.56 Å². The number of rotatable bonds is 4. The molecule has 8 heteroatoms. The first kappa shape index (κ1) is 15.8. The molecule has 0 N–H and O–H groups in total. The number of hydrogen-bond acceptors (Lipinski definition) is 5. The van der Waals surface area contributed by atoms with Crippen molar-refractivity contribution in [2.24, 2.45) is 7.05 Å². The highest BCUT2D eigenvalue weighted by Gasteiger charge is 2.16. The van der Waals surface area contributed by atoms with Gasteiger partial charge in [-0.15, -0.1) is 10.2 Å². The van der Waals surface area contributed by atoms with Crippen LogP contribution in [0, 0.1) is 0 Å². The normalized spacial score (nSPS) is 10.9. The van der Waals surface area contributed by atoms with E-state index in [-0.39, 0.29) is 5.56 Å². The highest BCUT2D eigenvalue weighted by atomic mass is 35.5. The van der Waals surface area contributed by atoms with E-state index in [0.717, 1.165) is 5.56 Å². The number of benzene rings is 1. The molecule has 3 rings (SSSR count). The molecule has 0 amide bonds. The Morgan fingerprint density at radius 2 is 2.13 bits per heavy atom. The fourth-order valence-electron chi connectivity index (χ4n) is 2.12. The molecule has 23 heavy (non-hydrogen) atoms. The monoisotopic (exact) mass is 347 g/mol. The van der Waals surface area contributed by atoms with Gasteiger partial charge in [-0.25, -0.2) is 4.98 Å². The predicted molar refractivity (Wildman–Crippen MR) is 89.7 cm³/mol. The maximum Gasteiger partial charge on any atom is 0.283 e. The highest BCUT2D eigenvalue weighted by molar-refractivity contribution is 7.99. The van der Waals surface area contributed by atoms with Gasteiger partial charge in [0.25, 0.3) is 5.56 Å². The first-order valence-corrected chi connectivity index (χ1v) is 8.18. The minimum Gasteiger partial charge on any atom is -0.315 e. The van der Waals surface area contributed by atoms with Crippen molar-refractivity contribution >= 4 is 23.4 Å². The molecule has 0 spiro atoms. The molecule has 0 fully saturated rings. The van der Waals surface area contributed by atoms with E-state index < -0.39 is 0 Å². The van der Waals surface area contributed by atoms with Crippen LogP contribution in [0.3, 0.4) is 0 Å². The number of halogens is 1. The summed E-state index contributed by atoms with van der Waals surface area (Å²) >= 11 is 7.26. The van der Waals surface area contributed by atoms with Gasteiger partial charge in [0, 0.05) is 36.6 Å². The number of nitrogens with zero attached hydrogens (tertiary/aromatic N) is 5. The van der Waals surface area contributed by atoms with Crippen LogP contribution in [0.2, 0.25) is 5.02 Å². The van der Waals surface area contributed by atoms with Crippen LogP contribution in [-0.2, 0) is 13.6 Å². The summed E-state index contributed by atoms with van der Waals surface area (Å²) in [5, 5.41) is 10.1. The number of aryl methyl sites for hydroxylation is 1. The molecule has 2 aromatic heterocycles. The lowest BCUT2D eigenvalue weighted by Gasteiger charge is -2.07. The van der Waals surface area contributed by atoms with Gasteiger partial charge < -0.3 is 9.13 Å². The van der Waals surface area contributed by atoms with E-state index in [9.17, 15) is 4.79 Å². The van der Waals surface area contributed by atoms with Crippen molar-refractivity contribution in [3.8, 4) is 11.4 Å². The lowest BCUT2D eigenvalue weighted by Crippen LogP contribution is -2.18. The summed E-state index contributed by atoms with van der Waals surface area (Å²) in [6.07, 6.45) is 3.21. The number of hydrogen-bond donors (Lipinski definition) is 0. The van der Waals surface area contributed by atoms with Crippen molar-refractivity contribution in [1.29, 1.82) is 0 Å². The summed E-state index contributed by atoms with van der Waals surface area (Å²) in [6, 6.07) is 7.45. The van der Waals surface area contributed by atoms with Gasteiger partial charge in [0.2, 0.25) is 0 Å². The zero-order valence-corrected chi connectivity index (χ0v) is 14.2. The Morgan fingerprint density at radius 1 is 1.30 bits per heavy atom. The second kappa shape index (κ2) is 6.55. The first-order valence-electron chi connectivity index (χ1n) is 6.98. The molecule has 0 aliphatic heterocycles. The molecule has 0 aliphatic rings. The average Bonchev–Trinajstić information content (AvgIpc) is 2.94. The van der Waals surface area contributed by atoms with Crippen LogP contribution in [0.15, 0.2) is 51.6 Å². The molecule has 0 bridgehead atoms. The molecule has 0 saturated carbocycles. The second-order valence-electron chi connectivity index (χ2n) is 4.81. The van der Waals surface area contributed by atoms with E-state index in [1.807, 2.05) is 35.8 Å². The summed E-state index contributed by atoms with van der Waals surface area (Å²) < 4.78 is 3.42. The van der Waals surface area contributed by atoms with Gasteiger partial charge in [-0.1, -0.05) is 23.7 Å². The zero-order chi connectivity index (χ0) is 16.4. The Labute approximate surface area is 142 Å². The molecule has 1 aromatic carbocycles. The third-order valence-corrected chi connectivity index (χ3v) is 4.48. The SMILES string of the molecule is CCn1c(Sc2nccn(C)c2=O)nnc1-c1cccc(Cl)c1. The van der Waals surface area contributed by atoms with E-state index >= 15 is 0 Å². The van der Waals surface area contributed by atoms with Crippen molar-refractivity contribution in [3.63, 3.8) is 0 Å². The quantitative estimate of drug-likeness (QED) is 0.726. The van der Waals surface area contributed by atoms with Gasteiger partial charge in [-0.3, -0.25) is 4.79 Å². The van der Waals surface area contributed by atoms with Gasteiger partial charge in [-0.05, 0) is 30.8 Å². The molecule has 0 aliphatic carbocycles. The molecule has 6 nitrogen and oxygen atoms in total. The smallest absolute Gasteiger partial charge is 0.283 e. The van der Waals surface area contributed by atoms with Crippen LogP contribution in [0.1, 0.15) is 6.92 Å². The Kier molecular flexibility index (Phi) is 4.49. The molecule has 2 heterocycles. The number of aromatic nitrogens is 5. The summed E-state index contributed by atoms with van der Waals surface area (Å²) in [5.41, 5.74) is 0.722. The molecular formula is C15H14ClN5OS. The summed E-state index contributed by atoms with van der Waals surface area (Å²) in [7, 11) is 1.69. The van der Waals surface area contributed by atoms with Gasteiger partial charge in [0.1, 0.15) is 0 Å². The minimum absolute atomic E-state index is 0.160. The summed E-state index contributed by atoms with van der Waals surface area (Å²) in [4.78, 5) is 16.2. The van der Waals surface area contributed by atoms with E-state index in [0.29, 0.717) is 27.6 Å². The maximum absolute atomic E-state index is 12.1. The largest absolute Gasteiger partial charge is 0.315 e. The van der Waals surface area contributed by atoms with Crippen molar-refractivity contribution in [1.82, 2.24) is 24.3 Å². The minimum atomic E-state index is -0.160. The van der Waals surface area contributed by atoms with Crippen LogP contribution in [-0.4, -0.2) is 24.3 Å². The third kappa shape index (κ3) is 3.16. The Hall–Kier alpha value is -2.12. The van der Waals surface area contributed by atoms with Gasteiger partial charge in [0.05, 0.1) is 0 Å². The van der Waals surface area contributed by atoms with Crippen molar-refractivity contribution in [2.75, 3.05) is 0 Å². The van der Waals surface area contributed by atoms with E-state index in [1.54, 1.807) is 19.4 Å². The van der Waals surface area contributed by atoms with Crippen molar-refractivity contribution < 1.29 is 0 Å². The Balaban J connectivity index is 2.02. The van der Waals surface area contributed by atoms with Crippen molar-refractivity contribution in [3.05, 3.63) is 52.0 Å². The average molecular weight is 348 g/mol. The van der Waals surface area contributed by atoms with Crippen molar-refractivity contribution in [2.45, 2.75) is 23.7 Å². The Morgan fingerprint density at radius 3 is 2.87 bits per heavy atom. The van der Waals surface area contributed by atoms with Crippen LogP contribution in [0.5, 0.6) is 0 Å². The fourth-order valence-corrected chi connectivity index (χ4v) is 3.24. The maximum atomic E-state index is 12.1. The Bertz CT molecular complexity index is 905. The second-order valence-corrected chi connectivity index (χ2v) is 6.20. The van der Waals surface area contributed by atoms with Crippen LogP contribution in [0.25, 0.3) is 11.4 Å².